The van der Waals surface area contributed by atoms with Gasteiger partial charge >= 0.3 is 0 Å². The molecule has 9 heteroatoms. The highest BCUT2D eigenvalue weighted by atomic mass is 35.5. The highest BCUT2D eigenvalue weighted by Gasteiger charge is 2.23. The van der Waals surface area contributed by atoms with Crippen molar-refractivity contribution in [3.63, 3.8) is 0 Å². The van der Waals surface area contributed by atoms with Gasteiger partial charge in [-0.15, -0.1) is 0 Å². The molecule has 2 aromatic carbocycles. The summed E-state index contributed by atoms with van der Waals surface area (Å²) in [6, 6.07) is 9.37. The molecule has 158 valence electrons. The molecule has 0 aliphatic heterocycles. The molecule has 0 radical (unpaired) electrons. The molecule has 1 unspecified atom stereocenters. The van der Waals surface area contributed by atoms with Crippen LogP contribution < -0.4 is 16.2 Å². The fraction of sp³-hybridized carbons (Fsp3) is 0.0909. The number of carbonyl (C=O) groups excluding carboxylic acids is 1. The number of furan rings is 1. The van der Waals surface area contributed by atoms with Crippen molar-refractivity contribution in [2.24, 2.45) is 5.73 Å². The number of fused-ring (bicyclic) bond motifs is 1. The Hall–Kier alpha value is -3.29. The molecule has 0 saturated heterocycles. The third-order valence-electron chi connectivity index (χ3n) is 4.84. The summed E-state index contributed by atoms with van der Waals surface area (Å²) in [5, 5.41) is 0.720. The zero-order valence-electron chi connectivity index (χ0n) is 16.2. The van der Waals surface area contributed by atoms with E-state index in [1.807, 2.05) is 6.07 Å². The monoisotopic (exact) mass is 459 g/mol. The Morgan fingerprint density at radius 2 is 2.03 bits per heavy atom. The Kier molecular flexibility index (Phi) is 5.47. The van der Waals surface area contributed by atoms with Crippen LogP contribution in [0.4, 0.5) is 10.2 Å². The fourth-order valence-corrected chi connectivity index (χ4v) is 3.99. The van der Waals surface area contributed by atoms with Crippen molar-refractivity contribution in [1.82, 2.24) is 4.98 Å². The average molecular weight is 460 g/mol. The van der Waals surface area contributed by atoms with Crippen molar-refractivity contribution in [1.29, 1.82) is 0 Å². The van der Waals surface area contributed by atoms with E-state index in [1.165, 1.54) is 18.4 Å². The molecule has 6 nitrogen and oxygen atoms in total. The van der Waals surface area contributed by atoms with Crippen molar-refractivity contribution in [2.45, 2.75) is 13.0 Å². The molecule has 1 atom stereocenters. The number of hydrogen-bond donors (Lipinski definition) is 2. The molecule has 0 fully saturated rings. The minimum Gasteiger partial charge on any atom is -0.478 e. The van der Waals surface area contributed by atoms with Crippen LogP contribution >= 0.6 is 23.2 Å². The number of amides is 1. The van der Waals surface area contributed by atoms with E-state index in [0.29, 0.717) is 27.7 Å². The highest BCUT2D eigenvalue weighted by Crippen LogP contribution is 2.41. The predicted molar refractivity (Wildman–Crippen MR) is 118 cm³/mol. The first-order valence-corrected chi connectivity index (χ1v) is 9.89. The SMILES string of the molecule is CC(Oc1c(N)ncc2c(-c3cccc(C(N)=O)c3)coc12)c1c(Cl)ccc(F)c1Cl. The van der Waals surface area contributed by atoms with Gasteiger partial charge < -0.3 is 20.6 Å². The highest BCUT2D eigenvalue weighted by molar-refractivity contribution is 6.36. The minimum atomic E-state index is -0.753. The molecule has 2 heterocycles. The van der Waals surface area contributed by atoms with Crippen molar-refractivity contribution >= 4 is 45.9 Å². The van der Waals surface area contributed by atoms with Crippen molar-refractivity contribution in [3.05, 3.63) is 75.8 Å². The van der Waals surface area contributed by atoms with E-state index in [-0.39, 0.29) is 27.2 Å². The molecule has 0 aliphatic rings. The Bertz CT molecular complexity index is 1320. The molecule has 31 heavy (non-hydrogen) atoms. The van der Waals surface area contributed by atoms with E-state index in [4.69, 9.17) is 43.8 Å². The summed E-state index contributed by atoms with van der Waals surface area (Å²) in [5.74, 6) is -0.914. The van der Waals surface area contributed by atoms with Crippen LogP contribution in [0.1, 0.15) is 28.9 Å². The third-order valence-corrected chi connectivity index (χ3v) is 5.55. The Morgan fingerprint density at radius 3 is 2.77 bits per heavy atom. The van der Waals surface area contributed by atoms with Crippen LogP contribution in [0.25, 0.3) is 22.1 Å². The van der Waals surface area contributed by atoms with Crippen LogP contribution in [0.2, 0.25) is 10.0 Å². The van der Waals surface area contributed by atoms with Crippen LogP contribution in [0, 0.1) is 5.82 Å². The lowest BCUT2D eigenvalue weighted by Gasteiger charge is -2.18. The number of carbonyl (C=O) groups is 1. The van der Waals surface area contributed by atoms with Gasteiger partial charge in [0.25, 0.3) is 0 Å². The van der Waals surface area contributed by atoms with Gasteiger partial charge in [-0.3, -0.25) is 4.79 Å². The lowest BCUT2D eigenvalue weighted by molar-refractivity contribution is 0.100. The second kappa shape index (κ2) is 8.09. The molecule has 0 aliphatic carbocycles. The number of primary amides is 1. The maximum absolute atomic E-state index is 13.9. The maximum atomic E-state index is 13.9. The first kappa shape index (κ1) is 21.0. The van der Waals surface area contributed by atoms with Gasteiger partial charge in [0.05, 0.1) is 16.7 Å². The number of benzene rings is 2. The zero-order chi connectivity index (χ0) is 22.3. The molecular formula is C22H16Cl2FN3O3. The van der Waals surface area contributed by atoms with Gasteiger partial charge in [-0.2, -0.15) is 0 Å². The van der Waals surface area contributed by atoms with Crippen LogP contribution in [0.15, 0.2) is 53.3 Å². The van der Waals surface area contributed by atoms with Crippen molar-refractivity contribution in [2.75, 3.05) is 5.73 Å². The number of nitrogens with two attached hydrogens (primary N) is 2. The van der Waals surface area contributed by atoms with Crippen LogP contribution in [0.5, 0.6) is 5.75 Å². The minimum absolute atomic E-state index is 0.0785. The number of rotatable bonds is 5. The second-order valence-electron chi connectivity index (χ2n) is 6.83. The summed E-state index contributed by atoms with van der Waals surface area (Å²) < 4.78 is 25.7. The first-order valence-electron chi connectivity index (χ1n) is 9.14. The molecule has 0 bridgehead atoms. The van der Waals surface area contributed by atoms with Gasteiger partial charge in [-0.25, -0.2) is 9.37 Å². The summed E-state index contributed by atoms with van der Waals surface area (Å²) >= 11 is 12.3. The molecule has 1 amide bonds. The van der Waals surface area contributed by atoms with Crippen molar-refractivity contribution in [3.8, 4) is 16.9 Å². The number of pyridine rings is 1. The molecule has 4 rings (SSSR count). The summed E-state index contributed by atoms with van der Waals surface area (Å²) in [5.41, 5.74) is 13.8. The van der Waals surface area contributed by atoms with E-state index in [2.05, 4.69) is 4.98 Å². The largest absolute Gasteiger partial charge is 0.478 e. The second-order valence-corrected chi connectivity index (χ2v) is 7.61. The van der Waals surface area contributed by atoms with Gasteiger partial charge in [-0.1, -0.05) is 35.3 Å². The predicted octanol–water partition coefficient (Wildman–Crippen LogP) is 5.76. The lowest BCUT2D eigenvalue weighted by atomic mass is 10.0. The average Bonchev–Trinajstić information content (AvgIpc) is 3.17. The Morgan fingerprint density at radius 1 is 1.26 bits per heavy atom. The number of nitrogen functional groups attached to an aromatic ring is 1. The van der Waals surface area contributed by atoms with E-state index in [1.54, 1.807) is 31.3 Å². The molecule has 0 spiro atoms. The lowest BCUT2D eigenvalue weighted by Crippen LogP contribution is -2.10. The third kappa shape index (κ3) is 3.78. The topological polar surface area (TPSA) is 104 Å². The maximum Gasteiger partial charge on any atom is 0.248 e. The standard InChI is InChI=1S/C22H16Cl2FN3O3/c1-10(17-15(23)5-6-16(25)18(17)24)31-20-19-13(8-28-21(20)26)14(9-30-19)11-3-2-4-12(7-11)22(27)29/h2-10H,1H3,(H2,26,28)(H2,27,29). The summed E-state index contributed by atoms with van der Waals surface area (Å²) in [6.45, 7) is 1.66. The van der Waals surface area contributed by atoms with Gasteiger partial charge in [0.15, 0.2) is 11.4 Å². The van der Waals surface area contributed by atoms with E-state index >= 15 is 0 Å². The molecule has 2 aromatic heterocycles. The fourth-order valence-electron chi connectivity index (χ4n) is 3.31. The van der Waals surface area contributed by atoms with Gasteiger partial charge in [0, 0.05) is 27.9 Å². The zero-order valence-corrected chi connectivity index (χ0v) is 17.7. The number of nitrogens with zero attached hydrogens (tertiary/aromatic N) is 1. The number of anilines is 1. The van der Waals surface area contributed by atoms with E-state index in [9.17, 15) is 9.18 Å². The van der Waals surface area contributed by atoms with Gasteiger partial charge in [-0.05, 0) is 36.8 Å². The quantitative estimate of drug-likeness (QED) is 0.369. The normalized spacial score (nSPS) is 12.1. The number of hydrogen-bond acceptors (Lipinski definition) is 5. The van der Waals surface area contributed by atoms with Crippen molar-refractivity contribution < 1.29 is 18.3 Å². The van der Waals surface area contributed by atoms with Crippen LogP contribution in [-0.4, -0.2) is 10.9 Å². The molecular weight excluding hydrogens is 444 g/mol. The smallest absolute Gasteiger partial charge is 0.248 e. The molecule has 4 N–H and O–H groups in total. The summed E-state index contributed by atoms with van der Waals surface area (Å²) in [4.78, 5) is 15.7. The Balaban J connectivity index is 1.78. The molecule has 4 aromatic rings. The number of aromatic nitrogens is 1. The summed E-state index contributed by atoms with van der Waals surface area (Å²) in [7, 11) is 0. The van der Waals surface area contributed by atoms with E-state index in [0.717, 1.165) is 0 Å². The van der Waals surface area contributed by atoms with Gasteiger partial charge in [0.1, 0.15) is 11.9 Å². The van der Waals surface area contributed by atoms with Crippen LogP contribution in [0.3, 0.4) is 0 Å². The van der Waals surface area contributed by atoms with E-state index < -0.39 is 17.8 Å². The first-order chi connectivity index (χ1) is 14.8. The number of halogens is 3. The summed E-state index contributed by atoms with van der Waals surface area (Å²) in [6.07, 6.45) is 2.29. The van der Waals surface area contributed by atoms with Gasteiger partial charge in [0.2, 0.25) is 11.7 Å². The molecule has 0 saturated carbocycles. The number of ether oxygens (including phenoxy) is 1. The Labute approximate surface area is 186 Å². The van der Waals surface area contributed by atoms with Crippen LogP contribution in [-0.2, 0) is 0 Å².